The van der Waals surface area contributed by atoms with E-state index in [-0.39, 0.29) is 11.5 Å². The molecule has 0 bridgehead atoms. The van der Waals surface area contributed by atoms with Crippen molar-refractivity contribution in [2.45, 2.75) is 0 Å². The van der Waals surface area contributed by atoms with Crippen LogP contribution in [0, 0.1) is 0 Å². The molecule has 0 saturated carbocycles. The molecule has 0 aromatic heterocycles. The quantitative estimate of drug-likeness (QED) is 0.676. The van der Waals surface area contributed by atoms with Crippen molar-refractivity contribution in [2.75, 3.05) is 0 Å². The van der Waals surface area contributed by atoms with Gasteiger partial charge in [0.2, 0.25) is 0 Å². The first-order chi connectivity index (χ1) is 10.1. The van der Waals surface area contributed by atoms with Gasteiger partial charge in [0.1, 0.15) is 17.2 Å². The Morgan fingerprint density at radius 2 is 1.71 bits per heavy atom. The monoisotopic (exact) mass is 297 g/mol. The fourth-order valence-electron chi connectivity index (χ4n) is 2.16. The van der Waals surface area contributed by atoms with Crippen LogP contribution in [0.15, 0.2) is 59.6 Å². The Morgan fingerprint density at radius 3 is 2.52 bits per heavy atom. The zero-order valence-corrected chi connectivity index (χ0v) is 11.7. The fraction of sp³-hybridized carbons (Fsp3) is 0. The molecule has 3 aromatic rings. The number of phenols is 2. The van der Waals surface area contributed by atoms with E-state index < -0.39 is 0 Å². The summed E-state index contributed by atoms with van der Waals surface area (Å²) in [6.45, 7) is 0. The summed E-state index contributed by atoms with van der Waals surface area (Å²) in [7, 11) is 0. The first-order valence-corrected chi connectivity index (χ1v) is 6.76. The average molecular weight is 298 g/mol. The van der Waals surface area contributed by atoms with E-state index in [4.69, 9.17) is 11.6 Å². The summed E-state index contributed by atoms with van der Waals surface area (Å²) in [5, 5.41) is 22.2. The molecule has 3 aromatic carbocycles. The third kappa shape index (κ3) is 2.69. The van der Waals surface area contributed by atoms with E-state index in [1.807, 2.05) is 30.3 Å². The number of rotatable bonds is 2. The summed E-state index contributed by atoms with van der Waals surface area (Å²) in [5.74, 6) is 0.143. The zero-order chi connectivity index (χ0) is 14.8. The Balaban J connectivity index is 2.09. The maximum Gasteiger partial charge on any atom is 0.142 e. The molecule has 0 radical (unpaired) electrons. The highest BCUT2D eigenvalue weighted by Gasteiger charge is 2.05. The third-order valence-corrected chi connectivity index (χ3v) is 3.45. The maximum absolute atomic E-state index is 10.0. The van der Waals surface area contributed by atoms with E-state index >= 15 is 0 Å². The van der Waals surface area contributed by atoms with Crippen LogP contribution in [0.1, 0.15) is 5.56 Å². The second kappa shape index (κ2) is 5.46. The number of benzene rings is 3. The van der Waals surface area contributed by atoms with Gasteiger partial charge in [-0.05, 0) is 29.0 Å². The van der Waals surface area contributed by atoms with Gasteiger partial charge >= 0.3 is 0 Å². The van der Waals surface area contributed by atoms with Gasteiger partial charge in [-0.1, -0.05) is 41.9 Å². The Hall–Kier alpha value is -2.52. The predicted molar refractivity (Wildman–Crippen MR) is 86.0 cm³/mol. The molecule has 0 spiro atoms. The molecule has 0 atom stereocenters. The molecule has 0 saturated heterocycles. The molecular weight excluding hydrogens is 286 g/mol. The average Bonchev–Trinajstić information content (AvgIpc) is 2.48. The molecule has 0 heterocycles. The molecular formula is C17H12ClNO2. The highest BCUT2D eigenvalue weighted by Crippen LogP contribution is 2.30. The second-order valence-electron chi connectivity index (χ2n) is 4.61. The molecule has 104 valence electrons. The Labute approximate surface area is 126 Å². The molecule has 0 aliphatic heterocycles. The van der Waals surface area contributed by atoms with Crippen molar-refractivity contribution >= 4 is 34.3 Å². The number of nitrogens with zero attached hydrogens (tertiary/aromatic N) is 1. The van der Waals surface area contributed by atoms with Crippen molar-refractivity contribution in [1.82, 2.24) is 0 Å². The van der Waals surface area contributed by atoms with Crippen LogP contribution in [0.2, 0.25) is 5.02 Å². The van der Waals surface area contributed by atoms with Gasteiger partial charge < -0.3 is 10.2 Å². The van der Waals surface area contributed by atoms with Crippen LogP contribution in [-0.2, 0) is 0 Å². The van der Waals surface area contributed by atoms with Crippen molar-refractivity contribution < 1.29 is 10.2 Å². The van der Waals surface area contributed by atoms with E-state index in [9.17, 15) is 10.2 Å². The molecule has 3 nitrogen and oxygen atoms in total. The molecule has 0 amide bonds. The number of hydrogen-bond acceptors (Lipinski definition) is 3. The molecule has 21 heavy (non-hydrogen) atoms. The van der Waals surface area contributed by atoms with E-state index in [0.717, 1.165) is 10.8 Å². The van der Waals surface area contributed by atoms with Crippen LogP contribution in [0.4, 0.5) is 5.69 Å². The summed E-state index contributed by atoms with van der Waals surface area (Å²) < 4.78 is 0. The van der Waals surface area contributed by atoms with Gasteiger partial charge in [-0.2, -0.15) is 0 Å². The minimum atomic E-state index is -0.00141. The van der Waals surface area contributed by atoms with Crippen molar-refractivity contribution in [3.63, 3.8) is 0 Å². The van der Waals surface area contributed by atoms with Gasteiger partial charge in [0.05, 0.1) is 0 Å². The smallest absolute Gasteiger partial charge is 0.142 e. The summed E-state index contributed by atoms with van der Waals surface area (Å²) in [4.78, 5) is 4.23. The maximum atomic E-state index is 10.0. The van der Waals surface area contributed by atoms with Crippen LogP contribution >= 0.6 is 11.6 Å². The van der Waals surface area contributed by atoms with Gasteiger partial charge in [-0.25, -0.2) is 0 Å². The number of phenolic OH excluding ortho intramolecular Hbond substituents is 2. The standard InChI is InChI=1S/C17H12ClNO2/c18-12-6-7-15(17(21)9-12)19-10-14-13-4-2-1-3-11(13)5-8-16(14)20/h1-10,20-21H. The largest absolute Gasteiger partial charge is 0.507 e. The molecule has 0 aliphatic rings. The third-order valence-electron chi connectivity index (χ3n) is 3.22. The van der Waals surface area contributed by atoms with Crippen LogP contribution in [0.25, 0.3) is 10.8 Å². The van der Waals surface area contributed by atoms with Gasteiger partial charge in [0.15, 0.2) is 0 Å². The number of hydrogen-bond donors (Lipinski definition) is 2. The van der Waals surface area contributed by atoms with Crippen LogP contribution in [0.5, 0.6) is 11.5 Å². The summed E-state index contributed by atoms with van der Waals surface area (Å²) in [6, 6.07) is 15.9. The number of aromatic hydroxyl groups is 2. The van der Waals surface area contributed by atoms with Crippen LogP contribution < -0.4 is 0 Å². The lowest BCUT2D eigenvalue weighted by atomic mass is 10.0. The van der Waals surface area contributed by atoms with Crippen LogP contribution in [-0.4, -0.2) is 16.4 Å². The van der Waals surface area contributed by atoms with Gasteiger partial charge in [0.25, 0.3) is 0 Å². The van der Waals surface area contributed by atoms with Gasteiger partial charge in [-0.3, -0.25) is 4.99 Å². The number of halogens is 1. The Morgan fingerprint density at radius 1 is 0.905 bits per heavy atom. The van der Waals surface area contributed by atoms with Gasteiger partial charge in [0, 0.05) is 22.9 Å². The number of aliphatic imine (C=N–C) groups is 1. The summed E-state index contributed by atoms with van der Waals surface area (Å²) >= 11 is 5.79. The minimum absolute atomic E-state index is 0.00141. The summed E-state index contributed by atoms with van der Waals surface area (Å²) in [6.07, 6.45) is 1.54. The highest BCUT2D eigenvalue weighted by molar-refractivity contribution is 6.30. The molecule has 2 N–H and O–H groups in total. The van der Waals surface area contributed by atoms with Crippen LogP contribution in [0.3, 0.4) is 0 Å². The SMILES string of the molecule is Oc1cc(Cl)ccc1N=Cc1c(O)ccc2ccccc12. The van der Waals surface area contributed by atoms with E-state index in [1.165, 1.54) is 6.07 Å². The molecule has 0 fully saturated rings. The van der Waals surface area contributed by atoms with Crippen molar-refractivity contribution in [1.29, 1.82) is 0 Å². The fourth-order valence-corrected chi connectivity index (χ4v) is 2.33. The van der Waals surface area contributed by atoms with E-state index in [1.54, 1.807) is 24.4 Å². The molecule has 3 rings (SSSR count). The Kier molecular flexibility index (Phi) is 3.50. The van der Waals surface area contributed by atoms with Crippen molar-refractivity contribution in [3.05, 3.63) is 65.2 Å². The predicted octanol–water partition coefficient (Wildman–Crippen LogP) is 4.66. The first kappa shape index (κ1) is 13.5. The minimum Gasteiger partial charge on any atom is -0.507 e. The summed E-state index contributed by atoms with van der Waals surface area (Å²) in [5.41, 5.74) is 1.01. The Bertz CT molecular complexity index is 843. The lowest BCUT2D eigenvalue weighted by molar-refractivity contribution is 0.474. The van der Waals surface area contributed by atoms with E-state index in [0.29, 0.717) is 16.3 Å². The molecule has 0 unspecified atom stereocenters. The molecule has 4 heteroatoms. The van der Waals surface area contributed by atoms with Crippen molar-refractivity contribution in [2.24, 2.45) is 4.99 Å². The van der Waals surface area contributed by atoms with Crippen molar-refractivity contribution in [3.8, 4) is 11.5 Å². The second-order valence-corrected chi connectivity index (χ2v) is 5.05. The normalized spacial score (nSPS) is 11.3. The first-order valence-electron chi connectivity index (χ1n) is 6.38. The zero-order valence-electron chi connectivity index (χ0n) is 11.0. The molecule has 0 aliphatic carbocycles. The lowest BCUT2D eigenvalue weighted by Gasteiger charge is -2.05. The van der Waals surface area contributed by atoms with Gasteiger partial charge in [-0.15, -0.1) is 0 Å². The van der Waals surface area contributed by atoms with E-state index in [2.05, 4.69) is 4.99 Å². The highest BCUT2D eigenvalue weighted by atomic mass is 35.5. The topological polar surface area (TPSA) is 52.8 Å². The lowest BCUT2D eigenvalue weighted by Crippen LogP contribution is -1.85. The number of fused-ring (bicyclic) bond motifs is 1.